The number of anilines is 1. The highest BCUT2D eigenvalue weighted by Gasteiger charge is 2.29. The minimum Gasteiger partial charge on any atom is -0.497 e. The zero-order valence-electron chi connectivity index (χ0n) is 17.4. The van der Waals surface area contributed by atoms with Gasteiger partial charge in [0.05, 0.1) is 19.3 Å². The van der Waals surface area contributed by atoms with Gasteiger partial charge in [-0.1, -0.05) is 6.92 Å². The fraction of sp³-hybridized carbons (Fsp3) is 0.429. The Hall–Kier alpha value is -2.29. The van der Waals surface area contributed by atoms with Crippen molar-refractivity contribution in [2.45, 2.75) is 26.8 Å². The van der Waals surface area contributed by atoms with Crippen LogP contribution in [0.4, 0.5) is 5.00 Å². The zero-order chi connectivity index (χ0) is 20.8. The van der Waals surface area contributed by atoms with Crippen molar-refractivity contribution in [2.24, 2.45) is 0 Å². The number of nitrogens with zero attached hydrogens (tertiary/aromatic N) is 1. The molecule has 0 fully saturated rings. The average Bonchev–Trinajstić information content (AvgIpc) is 3.09. The van der Waals surface area contributed by atoms with Gasteiger partial charge >= 0.3 is 5.97 Å². The molecular formula is C21H27ClN2O5S. The molecule has 2 heterocycles. The number of hydrogen-bond acceptors (Lipinski definition) is 7. The maximum Gasteiger partial charge on any atom is 0.341 e. The normalized spacial score (nSPS) is 13.0. The molecule has 1 N–H and O–H groups in total. The number of carbonyl (C=O) groups is 2. The maximum absolute atomic E-state index is 12.5. The predicted molar refractivity (Wildman–Crippen MR) is 119 cm³/mol. The van der Waals surface area contributed by atoms with Crippen LogP contribution in [0.15, 0.2) is 24.3 Å². The van der Waals surface area contributed by atoms with E-state index < -0.39 is 0 Å². The summed E-state index contributed by atoms with van der Waals surface area (Å²) in [6.45, 7) is 6.64. The van der Waals surface area contributed by atoms with Crippen LogP contribution in [0.3, 0.4) is 0 Å². The van der Waals surface area contributed by atoms with E-state index in [1.165, 1.54) is 11.3 Å². The third-order valence-corrected chi connectivity index (χ3v) is 5.88. The lowest BCUT2D eigenvalue weighted by molar-refractivity contribution is -0.118. The van der Waals surface area contributed by atoms with Crippen LogP contribution in [0.1, 0.15) is 34.6 Å². The number of likely N-dealkylation sites (N-methyl/N-ethyl adjacent to an activating group) is 1. The number of esters is 1. The molecular weight excluding hydrogens is 428 g/mol. The first-order valence-corrected chi connectivity index (χ1v) is 10.5. The Labute approximate surface area is 186 Å². The lowest BCUT2D eigenvalue weighted by atomic mass is 10.0. The Morgan fingerprint density at radius 1 is 1.17 bits per heavy atom. The molecule has 0 aliphatic carbocycles. The number of nitrogens with one attached hydrogen (secondary N) is 1. The van der Waals surface area contributed by atoms with Crippen molar-refractivity contribution in [3.63, 3.8) is 0 Å². The van der Waals surface area contributed by atoms with Gasteiger partial charge in [-0.2, -0.15) is 0 Å². The quantitative estimate of drug-likeness (QED) is 0.612. The molecule has 9 heteroatoms. The number of rotatable bonds is 8. The molecule has 3 rings (SSSR count). The van der Waals surface area contributed by atoms with Crippen LogP contribution in [0, 0.1) is 0 Å². The highest BCUT2D eigenvalue weighted by atomic mass is 35.5. The minimum atomic E-state index is -0.388. The first kappa shape index (κ1) is 24.0. The van der Waals surface area contributed by atoms with E-state index in [1.54, 1.807) is 38.3 Å². The van der Waals surface area contributed by atoms with E-state index in [0.29, 0.717) is 28.7 Å². The summed E-state index contributed by atoms with van der Waals surface area (Å²) in [5.74, 6) is 0.570. The molecule has 1 aromatic carbocycles. The number of halogens is 1. The number of benzene rings is 1. The molecule has 0 radical (unpaired) electrons. The van der Waals surface area contributed by atoms with Crippen LogP contribution in [0.2, 0.25) is 0 Å². The number of carbonyl (C=O) groups excluding carboxylic acids is 2. The number of hydrogen-bond donors (Lipinski definition) is 1. The SMILES string of the molecule is CCOC(=O)c1c(NC(=O)COc2ccc(OC)cc2)sc2c1CCN(CC)C2.Cl. The Balaban J connectivity index is 0.00000320. The van der Waals surface area contributed by atoms with Gasteiger partial charge in [0.2, 0.25) is 0 Å². The van der Waals surface area contributed by atoms with Gasteiger partial charge in [0, 0.05) is 18.0 Å². The zero-order valence-corrected chi connectivity index (χ0v) is 19.0. The maximum atomic E-state index is 12.5. The van der Waals surface area contributed by atoms with Crippen molar-refractivity contribution >= 4 is 40.6 Å². The Bertz CT molecular complexity index is 869. The predicted octanol–water partition coefficient (Wildman–Crippen LogP) is 3.75. The lowest BCUT2D eigenvalue weighted by Crippen LogP contribution is -2.30. The molecule has 1 aromatic heterocycles. The standard InChI is InChI=1S/C21H26N2O5S.ClH/c1-4-23-11-10-16-17(12-23)29-20(19(16)21(25)27-5-2)22-18(24)13-28-15-8-6-14(26-3)7-9-15;/h6-9H,4-5,10-13H2,1-3H3,(H,22,24);1H. The highest BCUT2D eigenvalue weighted by molar-refractivity contribution is 7.17. The summed E-state index contributed by atoms with van der Waals surface area (Å²) in [5.41, 5.74) is 1.48. The fourth-order valence-electron chi connectivity index (χ4n) is 3.22. The smallest absolute Gasteiger partial charge is 0.341 e. The Kier molecular flexibility index (Phi) is 8.95. The average molecular weight is 455 g/mol. The second-order valence-corrected chi connectivity index (χ2v) is 7.66. The number of amides is 1. The molecule has 30 heavy (non-hydrogen) atoms. The van der Waals surface area contributed by atoms with E-state index >= 15 is 0 Å². The van der Waals surface area contributed by atoms with Crippen LogP contribution in [0.25, 0.3) is 0 Å². The number of methoxy groups -OCH3 is 1. The van der Waals surface area contributed by atoms with E-state index in [9.17, 15) is 9.59 Å². The van der Waals surface area contributed by atoms with Gasteiger partial charge in [-0.15, -0.1) is 23.7 Å². The molecule has 0 saturated carbocycles. The van der Waals surface area contributed by atoms with Crippen molar-refractivity contribution in [2.75, 3.05) is 38.7 Å². The van der Waals surface area contributed by atoms with Crippen molar-refractivity contribution in [1.82, 2.24) is 4.90 Å². The van der Waals surface area contributed by atoms with Crippen LogP contribution < -0.4 is 14.8 Å². The lowest BCUT2D eigenvalue weighted by Gasteiger charge is -2.25. The summed E-state index contributed by atoms with van der Waals surface area (Å²) in [5, 5.41) is 3.38. The minimum absolute atomic E-state index is 0. The molecule has 164 valence electrons. The third kappa shape index (κ3) is 5.65. The molecule has 0 spiro atoms. The number of thiophene rings is 1. The van der Waals surface area contributed by atoms with Crippen molar-refractivity contribution in [1.29, 1.82) is 0 Å². The second-order valence-electron chi connectivity index (χ2n) is 6.56. The molecule has 1 aliphatic rings. The first-order valence-electron chi connectivity index (χ1n) is 9.66. The third-order valence-electron chi connectivity index (χ3n) is 4.75. The van der Waals surface area contributed by atoms with Crippen molar-refractivity contribution in [3.05, 3.63) is 40.3 Å². The highest BCUT2D eigenvalue weighted by Crippen LogP contribution is 2.37. The van der Waals surface area contributed by atoms with Crippen LogP contribution in [0.5, 0.6) is 11.5 Å². The number of ether oxygens (including phenoxy) is 3. The molecule has 0 saturated heterocycles. The molecule has 7 nitrogen and oxygen atoms in total. The Morgan fingerprint density at radius 3 is 2.50 bits per heavy atom. The number of fused-ring (bicyclic) bond motifs is 1. The van der Waals surface area contributed by atoms with E-state index in [1.807, 2.05) is 0 Å². The van der Waals surface area contributed by atoms with Gasteiger partial charge in [0.15, 0.2) is 6.61 Å². The van der Waals surface area contributed by atoms with Gasteiger partial charge in [-0.05, 0) is 49.7 Å². The summed E-state index contributed by atoms with van der Waals surface area (Å²) >= 11 is 1.44. The first-order chi connectivity index (χ1) is 14.0. The second kappa shape index (κ2) is 11.2. The van der Waals surface area contributed by atoms with Crippen LogP contribution in [-0.4, -0.2) is 50.2 Å². The fourth-order valence-corrected chi connectivity index (χ4v) is 4.51. The molecule has 0 unspecified atom stereocenters. The molecule has 1 amide bonds. The van der Waals surface area contributed by atoms with Gasteiger partial charge in [0.25, 0.3) is 5.91 Å². The topological polar surface area (TPSA) is 77.1 Å². The van der Waals surface area contributed by atoms with Gasteiger partial charge in [0.1, 0.15) is 16.5 Å². The monoisotopic (exact) mass is 454 g/mol. The molecule has 0 bridgehead atoms. The van der Waals surface area contributed by atoms with Gasteiger partial charge in [-0.3, -0.25) is 9.69 Å². The summed E-state index contributed by atoms with van der Waals surface area (Å²) < 4.78 is 15.9. The summed E-state index contributed by atoms with van der Waals surface area (Å²) in [6.07, 6.45) is 0.770. The largest absolute Gasteiger partial charge is 0.497 e. The molecule has 2 aromatic rings. The van der Waals surface area contributed by atoms with E-state index in [-0.39, 0.29) is 30.9 Å². The summed E-state index contributed by atoms with van der Waals surface area (Å²) in [6, 6.07) is 7.00. The van der Waals surface area contributed by atoms with Crippen molar-refractivity contribution < 1.29 is 23.8 Å². The molecule has 1 aliphatic heterocycles. The molecule has 0 atom stereocenters. The van der Waals surface area contributed by atoms with E-state index in [2.05, 4.69) is 17.1 Å². The van der Waals surface area contributed by atoms with E-state index in [4.69, 9.17) is 14.2 Å². The van der Waals surface area contributed by atoms with E-state index in [0.717, 1.165) is 36.5 Å². The summed E-state index contributed by atoms with van der Waals surface area (Å²) in [7, 11) is 1.59. The van der Waals surface area contributed by atoms with Crippen LogP contribution in [-0.2, 0) is 22.5 Å². The van der Waals surface area contributed by atoms with Crippen LogP contribution >= 0.6 is 23.7 Å². The van der Waals surface area contributed by atoms with Gasteiger partial charge in [-0.25, -0.2) is 4.79 Å². The summed E-state index contributed by atoms with van der Waals surface area (Å²) in [4.78, 5) is 28.4. The van der Waals surface area contributed by atoms with Gasteiger partial charge < -0.3 is 19.5 Å². The van der Waals surface area contributed by atoms with Crippen molar-refractivity contribution in [3.8, 4) is 11.5 Å². The Morgan fingerprint density at radius 2 is 1.87 bits per heavy atom.